The molecule has 0 saturated carbocycles. The highest BCUT2D eigenvalue weighted by Crippen LogP contribution is 2.67. The van der Waals surface area contributed by atoms with Gasteiger partial charge in [0.15, 0.2) is 27.5 Å². The zero-order valence-electron chi connectivity index (χ0n) is 21.8. The first-order valence-corrected chi connectivity index (χ1v) is 16.0. The van der Waals surface area contributed by atoms with E-state index in [9.17, 15) is 58.9 Å². The zero-order valence-corrected chi connectivity index (χ0v) is 24.5. The summed E-state index contributed by atoms with van der Waals surface area (Å²) < 4.78 is 58.0. The number of hydrogen-bond donors (Lipinski definition) is 6. The van der Waals surface area contributed by atoms with Crippen LogP contribution in [0.2, 0.25) is 0 Å². The van der Waals surface area contributed by atoms with Gasteiger partial charge in [-0.3, -0.25) is 44.2 Å². The highest BCUT2D eigenvalue weighted by atomic mass is 31.3. The van der Waals surface area contributed by atoms with Gasteiger partial charge in [-0.05, 0) is 12.1 Å². The van der Waals surface area contributed by atoms with Gasteiger partial charge in [0.05, 0.1) is 11.3 Å². The quantitative estimate of drug-likeness (QED) is 0.0549. The summed E-state index contributed by atoms with van der Waals surface area (Å²) in [5.74, 6) is -5.88. The van der Waals surface area contributed by atoms with E-state index in [1.165, 1.54) is 6.07 Å². The summed E-state index contributed by atoms with van der Waals surface area (Å²) in [5.41, 5.74) is 0.424. The van der Waals surface area contributed by atoms with Crippen molar-refractivity contribution in [3.05, 3.63) is 73.3 Å². The summed E-state index contributed by atoms with van der Waals surface area (Å²) >= 11 is 0. The molecular weight excluding hydrogens is 701 g/mol. The van der Waals surface area contributed by atoms with Gasteiger partial charge < -0.3 is 35.2 Å². The Morgan fingerprint density at radius 2 is 1.57 bits per heavy atom. The van der Waals surface area contributed by atoms with E-state index in [0.29, 0.717) is 10.9 Å². The minimum Gasteiger partial charge on any atom is -0.385 e. The number of rotatable bonds is 13. The van der Waals surface area contributed by atoms with E-state index >= 15 is 0 Å². The van der Waals surface area contributed by atoms with Gasteiger partial charge in [0.25, 0.3) is 0 Å². The number of phosphoric ester groups is 1. The predicted molar refractivity (Wildman–Crippen MR) is 138 cm³/mol. The second kappa shape index (κ2) is 11.9. The SMILES string of the molecule is Nc1ncnc2c1ncn2[C@@H]1O[C@]([N+](=O)[O-])(C(Oc2ccccc2)([N+](=O)[O-])[N+](=O)[O-])[C@@H](OP(=O)(O)OP(=O)(O)OP(=O)(O)O)[C@H]1O. The first kappa shape index (κ1) is 34.8. The van der Waals surface area contributed by atoms with E-state index in [4.69, 9.17) is 25.0 Å². The number of fused-ring (bicyclic) bond motifs is 1. The number of imidazole rings is 1. The Morgan fingerprint density at radius 3 is 2.11 bits per heavy atom. The van der Waals surface area contributed by atoms with Crippen LogP contribution in [0.4, 0.5) is 5.82 Å². The number of ether oxygens (including phenoxy) is 2. The molecule has 30 heteroatoms. The van der Waals surface area contributed by atoms with E-state index < -0.39 is 79.6 Å². The zero-order chi connectivity index (χ0) is 34.5. The standard InChI is InChI=1S/C16H17N8O19P3/c17-12-9-13(19-6-18-12)21(7-20-9)14-10(25)11(41-45(35,36)43-46(37,38)42-44(32,33)34)15(40-14,22(26)27)16(23(28)29,24(30)31)39-8-4-2-1-3-5-8/h1-7,10-11,14,25H,(H,35,36)(H,37,38)(H2,17,18,19)(H2,32,33,34)/t10-,11+,14-,15+/m1/s1. The number of nitro groups is 3. The molecule has 0 radical (unpaired) electrons. The minimum atomic E-state index is -6.58. The average Bonchev–Trinajstić information content (AvgIpc) is 3.46. The maximum absolute atomic E-state index is 12.8. The summed E-state index contributed by atoms with van der Waals surface area (Å²) in [6.45, 7) is 0. The van der Waals surface area contributed by atoms with Gasteiger partial charge in [0.2, 0.25) is 6.10 Å². The number of hydrogen-bond acceptors (Lipinski definition) is 19. The number of anilines is 1. The molecule has 0 aliphatic carbocycles. The maximum Gasteiger partial charge on any atom is 0.722 e. The Bertz CT molecular complexity index is 1820. The number of nitrogens with zero attached hydrogens (tertiary/aromatic N) is 7. The Balaban J connectivity index is 1.98. The smallest absolute Gasteiger partial charge is 0.385 e. The number of nitrogen functional groups attached to an aromatic ring is 1. The monoisotopic (exact) mass is 718 g/mol. The molecule has 4 rings (SSSR count). The fraction of sp³-hybridized carbons (Fsp3) is 0.312. The summed E-state index contributed by atoms with van der Waals surface area (Å²) in [7, 11) is -18.9. The van der Waals surface area contributed by atoms with Gasteiger partial charge in [-0.2, -0.15) is 8.62 Å². The third kappa shape index (κ3) is 6.17. The molecule has 1 aromatic carbocycles. The molecule has 27 nitrogen and oxygen atoms in total. The van der Waals surface area contributed by atoms with Gasteiger partial charge in [0, 0.05) is 0 Å². The Morgan fingerprint density at radius 1 is 0.957 bits per heavy atom. The number of nitrogens with two attached hydrogens (primary N) is 1. The molecule has 250 valence electrons. The molecule has 0 spiro atoms. The van der Waals surface area contributed by atoms with Crippen LogP contribution in [0, 0.1) is 30.3 Å². The molecule has 1 aliphatic heterocycles. The second-order valence-corrected chi connectivity index (χ2v) is 13.1. The third-order valence-corrected chi connectivity index (χ3v) is 9.67. The molecule has 1 saturated heterocycles. The van der Waals surface area contributed by atoms with Crippen molar-refractivity contribution in [1.82, 2.24) is 19.5 Å². The minimum absolute atomic E-state index is 0.267. The Kier molecular flexibility index (Phi) is 9.01. The topological polar surface area (TPSA) is 398 Å². The van der Waals surface area contributed by atoms with E-state index in [0.717, 1.165) is 30.6 Å². The van der Waals surface area contributed by atoms with E-state index in [2.05, 4.69) is 28.1 Å². The van der Waals surface area contributed by atoms with Gasteiger partial charge in [-0.25, -0.2) is 28.6 Å². The van der Waals surface area contributed by atoms with Crippen LogP contribution in [-0.4, -0.2) is 82.8 Å². The maximum atomic E-state index is 12.8. The van der Waals surface area contributed by atoms with E-state index in [1.807, 2.05) is 0 Å². The van der Waals surface area contributed by atoms with Crippen LogP contribution in [0.25, 0.3) is 11.2 Å². The molecule has 6 atom stereocenters. The van der Waals surface area contributed by atoms with Crippen LogP contribution < -0.4 is 10.5 Å². The number of phosphoric acid groups is 3. The molecule has 3 aromatic rings. The summed E-state index contributed by atoms with van der Waals surface area (Å²) in [4.78, 5) is 80.4. The van der Waals surface area contributed by atoms with Crippen molar-refractivity contribution in [2.24, 2.45) is 0 Å². The van der Waals surface area contributed by atoms with Crippen molar-refractivity contribution in [3.8, 4) is 5.75 Å². The van der Waals surface area contributed by atoms with Crippen molar-refractivity contribution >= 4 is 40.4 Å². The number of benzene rings is 1. The van der Waals surface area contributed by atoms with Crippen LogP contribution >= 0.6 is 23.5 Å². The van der Waals surface area contributed by atoms with E-state index in [-0.39, 0.29) is 11.3 Å². The van der Waals surface area contributed by atoms with Gasteiger partial charge >= 0.3 is 35.0 Å². The lowest BCUT2D eigenvalue weighted by molar-refractivity contribution is -0.909. The van der Waals surface area contributed by atoms with Crippen LogP contribution in [0.3, 0.4) is 0 Å². The lowest BCUT2D eigenvalue weighted by Gasteiger charge is -2.30. The number of aliphatic hydroxyl groups is 1. The summed E-state index contributed by atoms with van der Waals surface area (Å²) in [6, 6.07) is 5.27. The van der Waals surface area contributed by atoms with Gasteiger partial charge in [0.1, 0.15) is 23.7 Å². The molecule has 46 heavy (non-hydrogen) atoms. The van der Waals surface area contributed by atoms with Crippen LogP contribution in [0.5, 0.6) is 5.75 Å². The highest BCUT2D eigenvalue weighted by Gasteiger charge is 2.95. The molecule has 0 bridgehead atoms. The fourth-order valence-corrected chi connectivity index (χ4v) is 7.43. The summed E-state index contributed by atoms with van der Waals surface area (Å²) in [5, 5.41) is 49.1. The first-order valence-electron chi connectivity index (χ1n) is 11.5. The molecule has 1 aliphatic rings. The molecular formula is C16H17N8O19P3. The van der Waals surface area contributed by atoms with Crippen molar-refractivity contribution in [1.29, 1.82) is 0 Å². The molecule has 7 N–H and O–H groups in total. The van der Waals surface area contributed by atoms with Gasteiger partial charge in [-0.15, -0.1) is 0 Å². The molecule has 3 heterocycles. The normalized spacial score (nSPS) is 24.6. The fourth-order valence-electron chi connectivity index (χ4n) is 4.21. The van der Waals surface area contributed by atoms with Crippen molar-refractivity contribution in [2.45, 2.75) is 30.0 Å². The van der Waals surface area contributed by atoms with Crippen molar-refractivity contribution in [2.75, 3.05) is 5.73 Å². The lowest BCUT2D eigenvalue weighted by atomic mass is 9.98. The molecule has 1 fully saturated rings. The molecule has 2 aromatic heterocycles. The number of para-hydroxylation sites is 1. The van der Waals surface area contributed by atoms with Gasteiger partial charge in [-0.1, -0.05) is 18.2 Å². The largest absolute Gasteiger partial charge is 0.722 e. The van der Waals surface area contributed by atoms with Crippen LogP contribution in [0.1, 0.15) is 6.23 Å². The lowest BCUT2D eigenvalue weighted by Crippen LogP contribution is -2.75. The third-order valence-electron chi connectivity index (χ3n) is 5.85. The predicted octanol–water partition coefficient (Wildman–Crippen LogP) is -0.731. The second-order valence-electron chi connectivity index (χ2n) is 8.69. The van der Waals surface area contributed by atoms with Crippen molar-refractivity contribution < 1.29 is 75.8 Å². The molecule has 2 unspecified atom stereocenters. The molecule has 0 amide bonds. The van der Waals surface area contributed by atoms with Crippen molar-refractivity contribution in [3.63, 3.8) is 0 Å². The Hall–Kier alpha value is -4.10. The van der Waals surface area contributed by atoms with E-state index in [1.54, 1.807) is 0 Å². The number of aliphatic hydroxyl groups excluding tert-OH is 1. The average molecular weight is 718 g/mol. The summed E-state index contributed by atoms with van der Waals surface area (Å²) in [6.07, 6.45) is -7.37. The highest BCUT2D eigenvalue weighted by molar-refractivity contribution is 7.66. The first-order chi connectivity index (χ1) is 21.2. The van der Waals surface area contributed by atoms with Crippen LogP contribution in [0.15, 0.2) is 43.0 Å². The van der Waals surface area contributed by atoms with Crippen LogP contribution in [-0.2, 0) is 31.6 Å². The number of aromatic nitrogens is 4. The Labute approximate surface area is 251 Å².